The van der Waals surface area contributed by atoms with Gasteiger partial charge >= 0.3 is 0 Å². The maximum atomic E-state index is 12.7. The van der Waals surface area contributed by atoms with E-state index in [-0.39, 0.29) is 5.75 Å². The molecular weight excluding hydrogens is 360 g/mol. The number of halogens is 1. The van der Waals surface area contributed by atoms with Crippen LogP contribution in [-0.4, -0.2) is 43.9 Å². The fourth-order valence-corrected chi connectivity index (χ4v) is 4.65. The smallest absolute Gasteiger partial charge is 0.218 e. The third-order valence-electron chi connectivity index (χ3n) is 4.13. The number of benzene rings is 1. The summed E-state index contributed by atoms with van der Waals surface area (Å²) in [6, 6.07) is 12.5. The standard InChI is InChI=1S/C17H17ClN4O2S/c18-16-6-2-1-4-15(16)13-25(23,24)22-10-8-21(9-11-22)17-14(12-19)5-3-7-20-17/h1-7H,8-11,13H2. The van der Waals surface area contributed by atoms with Gasteiger partial charge in [-0.15, -0.1) is 0 Å². The van der Waals surface area contributed by atoms with E-state index in [2.05, 4.69) is 11.1 Å². The van der Waals surface area contributed by atoms with Crippen molar-refractivity contribution in [3.8, 4) is 6.07 Å². The minimum atomic E-state index is -3.44. The molecule has 1 aliphatic heterocycles. The minimum absolute atomic E-state index is 0.111. The van der Waals surface area contributed by atoms with E-state index in [1.165, 1.54) is 4.31 Å². The first-order valence-corrected chi connectivity index (χ1v) is 9.81. The van der Waals surface area contributed by atoms with Crippen LogP contribution in [0, 0.1) is 11.3 Å². The molecule has 2 heterocycles. The van der Waals surface area contributed by atoms with E-state index in [1.807, 2.05) is 4.90 Å². The molecule has 8 heteroatoms. The molecule has 0 amide bonds. The quantitative estimate of drug-likeness (QED) is 0.817. The molecule has 25 heavy (non-hydrogen) atoms. The van der Waals surface area contributed by atoms with E-state index < -0.39 is 10.0 Å². The molecule has 0 saturated carbocycles. The molecule has 1 fully saturated rings. The predicted octanol–water partition coefficient (Wildman–Crippen LogP) is 2.26. The number of hydrogen-bond acceptors (Lipinski definition) is 5. The van der Waals surface area contributed by atoms with Crippen LogP contribution >= 0.6 is 11.6 Å². The van der Waals surface area contributed by atoms with Crippen LogP contribution in [0.25, 0.3) is 0 Å². The Hall–Kier alpha value is -2.14. The first kappa shape index (κ1) is 17.7. The zero-order valence-electron chi connectivity index (χ0n) is 13.5. The van der Waals surface area contributed by atoms with Crippen molar-refractivity contribution in [2.45, 2.75) is 5.75 Å². The van der Waals surface area contributed by atoms with Gasteiger partial charge < -0.3 is 4.90 Å². The second kappa shape index (κ2) is 7.40. The van der Waals surface area contributed by atoms with Crippen LogP contribution in [0.15, 0.2) is 42.6 Å². The average Bonchev–Trinajstić information content (AvgIpc) is 2.63. The second-order valence-corrected chi connectivity index (χ2v) is 8.10. The molecule has 0 spiro atoms. The number of piperazine rings is 1. The molecule has 130 valence electrons. The van der Waals surface area contributed by atoms with Gasteiger partial charge in [0.05, 0.1) is 11.3 Å². The molecule has 0 atom stereocenters. The summed E-state index contributed by atoms with van der Waals surface area (Å²) in [5, 5.41) is 9.64. The Morgan fingerprint density at radius 2 is 1.84 bits per heavy atom. The van der Waals surface area contributed by atoms with Crippen LogP contribution in [0.4, 0.5) is 5.82 Å². The monoisotopic (exact) mass is 376 g/mol. The van der Waals surface area contributed by atoms with Gasteiger partial charge in [-0.05, 0) is 23.8 Å². The molecule has 1 aromatic heterocycles. The van der Waals surface area contributed by atoms with Crippen molar-refractivity contribution in [2.24, 2.45) is 0 Å². The number of anilines is 1. The lowest BCUT2D eigenvalue weighted by atomic mass is 10.2. The maximum Gasteiger partial charge on any atom is 0.218 e. The number of rotatable bonds is 4. The van der Waals surface area contributed by atoms with Crippen molar-refractivity contribution in [2.75, 3.05) is 31.1 Å². The van der Waals surface area contributed by atoms with Crippen LogP contribution < -0.4 is 4.90 Å². The lowest BCUT2D eigenvalue weighted by Gasteiger charge is -2.35. The summed E-state index contributed by atoms with van der Waals surface area (Å²) >= 11 is 6.08. The van der Waals surface area contributed by atoms with Gasteiger partial charge in [-0.25, -0.2) is 13.4 Å². The van der Waals surface area contributed by atoms with Crippen LogP contribution in [0.2, 0.25) is 5.02 Å². The molecule has 2 aromatic rings. The zero-order valence-corrected chi connectivity index (χ0v) is 15.0. The average molecular weight is 377 g/mol. The summed E-state index contributed by atoms with van der Waals surface area (Å²) < 4.78 is 26.8. The summed E-state index contributed by atoms with van der Waals surface area (Å²) in [5.74, 6) is 0.493. The number of nitriles is 1. The van der Waals surface area contributed by atoms with E-state index >= 15 is 0 Å². The van der Waals surface area contributed by atoms with Gasteiger partial charge in [-0.2, -0.15) is 9.57 Å². The van der Waals surface area contributed by atoms with Gasteiger partial charge in [0.2, 0.25) is 10.0 Å². The zero-order chi connectivity index (χ0) is 17.9. The Morgan fingerprint density at radius 1 is 1.12 bits per heavy atom. The lowest BCUT2D eigenvalue weighted by molar-refractivity contribution is 0.383. The number of sulfonamides is 1. The van der Waals surface area contributed by atoms with E-state index in [0.29, 0.717) is 48.1 Å². The van der Waals surface area contributed by atoms with Crippen molar-refractivity contribution in [1.82, 2.24) is 9.29 Å². The molecule has 6 nitrogen and oxygen atoms in total. The molecule has 3 rings (SSSR count). The highest BCUT2D eigenvalue weighted by Crippen LogP contribution is 2.22. The number of hydrogen-bond donors (Lipinski definition) is 0. The maximum absolute atomic E-state index is 12.7. The molecule has 0 bridgehead atoms. The van der Waals surface area contributed by atoms with Crippen molar-refractivity contribution in [3.05, 3.63) is 58.7 Å². The van der Waals surface area contributed by atoms with Crippen molar-refractivity contribution in [3.63, 3.8) is 0 Å². The second-order valence-electron chi connectivity index (χ2n) is 5.72. The normalized spacial score (nSPS) is 15.8. The number of nitrogens with zero attached hydrogens (tertiary/aromatic N) is 4. The van der Waals surface area contributed by atoms with Gasteiger partial charge in [-0.3, -0.25) is 0 Å². The van der Waals surface area contributed by atoms with Crippen LogP contribution in [-0.2, 0) is 15.8 Å². The molecule has 0 N–H and O–H groups in total. The lowest BCUT2D eigenvalue weighted by Crippen LogP contribution is -2.49. The van der Waals surface area contributed by atoms with Crippen molar-refractivity contribution in [1.29, 1.82) is 5.26 Å². The molecule has 0 aliphatic carbocycles. The van der Waals surface area contributed by atoms with E-state index in [9.17, 15) is 13.7 Å². The third-order valence-corrected chi connectivity index (χ3v) is 6.33. The Morgan fingerprint density at radius 3 is 2.52 bits per heavy atom. The van der Waals surface area contributed by atoms with Gasteiger partial charge in [0.1, 0.15) is 11.9 Å². The first-order chi connectivity index (χ1) is 12.0. The Bertz CT molecular complexity index is 903. The third kappa shape index (κ3) is 3.93. The van der Waals surface area contributed by atoms with Gasteiger partial charge in [0.25, 0.3) is 0 Å². The van der Waals surface area contributed by atoms with E-state index in [0.717, 1.165) is 0 Å². The first-order valence-electron chi connectivity index (χ1n) is 7.82. The fourth-order valence-electron chi connectivity index (χ4n) is 2.82. The summed E-state index contributed by atoms with van der Waals surface area (Å²) in [4.78, 5) is 6.20. The van der Waals surface area contributed by atoms with Gasteiger partial charge in [-0.1, -0.05) is 29.8 Å². The Labute approximate surface area is 152 Å². The highest BCUT2D eigenvalue weighted by atomic mass is 35.5. The molecule has 0 radical (unpaired) electrons. The summed E-state index contributed by atoms with van der Waals surface area (Å²) in [7, 11) is -3.44. The van der Waals surface area contributed by atoms with Crippen molar-refractivity contribution < 1.29 is 8.42 Å². The highest BCUT2D eigenvalue weighted by molar-refractivity contribution is 7.88. The molecule has 1 aliphatic rings. The topological polar surface area (TPSA) is 77.3 Å². The Kier molecular flexibility index (Phi) is 5.23. The van der Waals surface area contributed by atoms with Crippen LogP contribution in [0.1, 0.15) is 11.1 Å². The summed E-state index contributed by atoms with van der Waals surface area (Å²) in [6.07, 6.45) is 1.64. The van der Waals surface area contributed by atoms with Crippen LogP contribution in [0.5, 0.6) is 0 Å². The minimum Gasteiger partial charge on any atom is -0.353 e. The Balaban J connectivity index is 1.69. The molecule has 0 unspecified atom stereocenters. The summed E-state index contributed by atoms with van der Waals surface area (Å²) in [5.41, 5.74) is 1.10. The predicted molar refractivity (Wildman–Crippen MR) is 96.8 cm³/mol. The van der Waals surface area contributed by atoms with E-state index in [4.69, 9.17) is 11.6 Å². The molecule has 1 saturated heterocycles. The molecule has 1 aromatic carbocycles. The van der Waals surface area contributed by atoms with E-state index in [1.54, 1.807) is 42.6 Å². The van der Waals surface area contributed by atoms with Crippen molar-refractivity contribution >= 4 is 27.4 Å². The number of aromatic nitrogens is 1. The van der Waals surface area contributed by atoms with Gasteiger partial charge in [0, 0.05) is 37.4 Å². The number of pyridine rings is 1. The highest BCUT2D eigenvalue weighted by Gasteiger charge is 2.28. The summed E-state index contributed by atoms with van der Waals surface area (Å²) in [6.45, 7) is 1.70. The fraction of sp³-hybridized carbons (Fsp3) is 0.294. The largest absolute Gasteiger partial charge is 0.353 e. The SMILES string of the molecule is N#Cc1cccnc1N1CCN(S(=O)(=O)Cc2ccccc2Cl)CC1. The molecular formula is C17H17ClN4O2S. The van der Waals surface area contributed by atoms with Gasteiger partial charge in [0.15, 0.2) is 0 Å². The van der Waals surface area contributed by atoms with Crippen LogP contribution in [0.3, 0.4) is 0 Å².